The van der Waals surface area contributed by atoms with E-state index in [1.54, 1.807) is 0 Å². The van der Waals surface area contributed by atoms with Gasteiger partial charge in [-0.3, -0.25) is 4.79 Å². The Morgan fingerprint density at radius 1 is 1.13 bits per heavy atom. The molecule has 0 radical (unpaired) electrons. The third-order valence-corrected chi connectivity index (χ3v) is 6.19. The fourth-order valence-electron chi connectivity index (χ4n) is 3.26. The normalized spacial score (nSPS) is 22.2. The zero-order valence-electron chi connectivity index (χ0n) is 15.0. The monoisotopic (exact) mass is 438 g/mol. The minimum Gasteiger partial charge on any atom is -0.469 e. The first-order valence-corrected chi connectivity index (χ1v) is 10.8. The largest absolute Gasteiger partial charge is 0.469 e. The molecule has 0 amide bonds. The van der Waals surface area contributed by atoms with Gasteiger partial charge < -0.3 is 9.47 Å². The van der Waals surface area contributed by atoms with E-state index in [1.807, 2.05) is 0 Å². The van der Waals surface area contributed by atoms with Crippen LogP contribution in [-0.4, -0.2) is 29.2 Å². The second-order valence-corrected chi connectivity index (χ2v) is 8.37. The van der Waals surface area contributed by atoms with Crippen LogP contribution in [0, 0.1) is 0 Å². The second-order valence-electron chi connectivity index (χ2n) is 6.77. The summed E-state index contributed by atoms with van der Waals surface area (Å²) in [7, 11) is 1.46. The quantitative estimate of drug-likeness (QED) is 0.157. The van der Waals surface area contributed by atoms with E-state index in [2.05, 4.69) is 34.3 Å². The third-order valence-electron chi connectivity index (χ3n) is 4.76. The van der Waals surface area contributed by atoms with Gasteiger partial charge >= 0.3 is 5.97 Å². The molecule has 0 aliphatic carbocycles. The molecule has 1 saturated heterocycles. The van der Waals surface area contributed by atoms with Crippen LogP contribution in [0.3, 0.4) is 0 Å². The molecule has 0 saturated carbocycles. The third kappa shape index (κ3) is 9.90. The molecule has 0 aromatic carbocycles. The fourth-order valence-corrected chi connectivity index (χ4v) is 4.23. The number of rotatable bonds is 13. The van der Waals surface area contributed by atoms with Crippen LogP contribution in [0.1, 0.15) is 90.4 Å². The highest BCUT2D eigenvalue weighted by Gasteiger charge is 2.29. The van der Waals surface area contributed by atoms with E-state index < -0.39 is 0 Å². The van der Waals surface area contributed by atoms with Crippen molar-refractivity contribution in [3.63, 3.8) is 0 Å². The maximum Gasteiger partial charge on any atom is 0.305 e. The maximum atomic E-state index is 11.0. The molecule has 0 aromatic rings. The van der Waals surface area contributed by atoms with E-state index in [0.29, 0.717) is 22.6 Å². The highest BCUT2D eigenvalue weighted by atomic mass is 127. The van der Waals surface area contributed by atoms with Gasteiger partial charge in [-0.1, -0.05) is 74.5 Å². The number of carbonyl (C=O) groups is 1. The van der Waals surface area contributed by atoms with E-state index in [4.69, 9.17) is 4.74 Å². The van der Waals surface area contributed by atoms with E-state index >= 15 is 0 Å². The first kappa shape index (κ1) is 21.2. The van der Waals surface area contributed by atoms with Crippen molar-refractivity contribution in [2.75, 3.05) is 7.11 Å². The lowest BCUT2D eigenvalue weighted by Crippen LogP contribution is -2.21. The van der Waals surface area contributed by atoms with Crippen LogP contribution in [0.25, 0.3) is 0 Å². The molecule has 3 nitrogen and oxygen atoms in total. The van der Waals surface area contributed by atoms with Crippen LogP contribution >= 0.6 is 22.6 Å². The number of hydrogen-bond donors (Lipinski definition) is 0. The van der Waals surface area contributed by atoms with Crippen molar-refractivity contribution in [3.05, 3.63) is 0 Å². The minimum atomic E-state index is -0.0808. The van der Waals surface area contributed by atoms with Gasteiger partial charge in [0.25, 0.3) is 0 Å². The molecule has 3 unspecified atom stereocenters. The first-order valence-electron chi connectivity index (χ1n) is 9.53. The van der Waals surface area contributed by atoms with Crippen molar-refractivity contribution in [2.45, 2.75) is 107 Å². The van der Waals surface area contributed by atoms with Gasteiger partial charge in [0, 0.05) is 10.3 Å². The van der Waals surface area contributed by atoms with Crippen molar-refractivity contribution in [3.8, 4) is 0 Å². The lowest BCUT2D eigenvalue weighted by atomic mass is 10.0. The van der Waals surface area contributed by atoms with Crippen molar-refractivity contribution >= 4 is 28.6 Å². The van der Waals surface area contributed by atoms with E-state index in [9.17, 15) is 4.79 Å². The molecular weight excluding hydrogens is 403 g/mol. The molecule has 0 N–H and O–H groups in total. The number of unbranched alkanes of at least 4 members (excludes halogenated alkanes) is 6. The summed E-state index contributed by atoms with van der Waals surface area (Å²) in [5.74, 6) is -0.0808. The molecule has 0 spiro atoms. The van der Waals surface area contributed by atoms with Crippen LogP contribution in [0.4, 0.5) is 0 Å². The molecule has 1 rings (SSSR count). The topological polar surface area (TPSA) is 35.5 Å². The molecule has 0 aromatic heterocycles. The van der Waals surface area contributed by atoms with Gasteiger partial charge in [-0.25, -0.2) is 0 Å². The van der Waals surface area contributed by atoms with Crippen molar-refractivity contribution in [1.82, 2.24) is 0 Å². The molecule has 136 valence electrons. The summed E-state index contributed by atoms with van der Waals surface area (Å²) in [5.41, 5.74) is 0. The van der Waals surface area contributed by atoms with Gasteiger partial charge in [0.15, 0.2) is 0 Å². The summed E-state index contributed by atoms with van der Waals surface area (Å²) in [5, 5.41) is 0. The van der Waals surface area contributed by atoms with E-state index in [1.165, 1.54) is 71.3 Å². The Balaban J connectivity index is 1.97. The molecule has 1 heterocycles. The number of halogens is 1. The highest BCUT2D eigenvalue weighted by Crippen LogP contribution is 2.31. The Morgan fingerprint density at radius 2 is 1.87 bits per heavy atom. The van der Waals surface area contributed by atoms with Crippen molar-refractivity contribution < 1.29 is 14.3 Å². The molecule has 1 aliphatic rings. The number of hydrogen-bond acceptors (Lipinski definition) is 3. The number of ether oxygens (including phenoxy) is 2. The second kappa shape index (κ2) is 13.5. The van der Waals surface area contributed by atoms with Crippen LogP contribution < -0.4 is 0 Å². The van der Waals surface area contributed by atoms with Gasteiger partial charge in [-0.2, -0.15) is 0 Å². The van der Waals surface area contributed by atoms with Gasteiger partial charge in [0.1, 0.15) is 0 Å². The highest BCUT2D eigenvalue weighted by molar-refractivity contribution is 14.1. The van der Waals surface area contributed by atoms with Crippen LogP contribution in [0.2, 0.25) is 0 Å². The van der Waals surface area contributed by atoms with Crippen LogP contribution in [-0.2, 0) is 14.3 Å². The Labute approximate surface area is 156 Å². The Morgan fingerprint density at radius 3 is 2.61 bits per heavy atom. The molecule has 23 heavy (non-hydrogen) atoms. The standard InChI is InChI=1S/C19H35IO3/c1-3-4-8-12-17(20)18-15-14-16(23-18)11-9-6-5-7-10-13-19(21)22-2/h16-18H,3-15H2,1-2H3. The summed E-state index contributed by atoms with van der Waals surface area (Å²) in [6, 6.07) is 0. The van der Waals surface area contributed by atoms with Crippen molar-refractivity contribution in [1.29, 1.82) is 0 Å². The Kier molecular flexibility index (Phi) is 12.4. The van der Waals surface area contributed by atoms with Gasteiger partial charge in [-0.15, -0.1) is 0 Å². The van der Waals surface area contributed by atoms with Gasteiger partial charge in [-0.05, 0) is 32.1 Å². The maximum absolute atomic E-state index is 11.0. The number of methoxy groups -OCH3 is 1. The zero-order valence-corrected chi connectivity index (χ0v) is 17.2. The number of alkyl halides is 1. The molecule has 0 bridgehead atoms. The predicted molar refractivity (Wildman–Crippen MR) is 104 cm³/mol. The smallest absolute Gasteiger partial charge is 0.305 e. The Bertz CT molecular complexity index is 309. The zero-order chi connectivity index (χ0) is 16.9. The van der Waals surface area contributed by atoms with Gasteiger partial charge in [0.05, 0.1) is 19.3 Å². The average molecular weight is 438 g/mol. The van der Waals surface area contributed by atoms with E-state index in [-0.39, 0.29) is 5.97 Å². The molecule has 1 aliphatic heterocycles. The number of carbonyl (C=O) groups excluding carboxylic acids is 1. The SMILES string of the molecule is CCCCCC(I)C1CCC(CCCCCCCC(=O)OC)O1. The lowest BCUT2D eigenvalue weighted by Gasteiger charge is -2.19. The molecule has 3 atom stereocenters. The molecular formula is C19H35IO3. The first-order chi connectivity index (χ1) is 11.2. The van der Waals surface area contributed by atoms with Crippen LogP contribution in [0.15, 0.2) is 0 Å². The predicted octanol–water partition coefficient (Wildman–Crippen LogP) is 5.82. The minimum absolute atomic E-state index is 0.0808. The fraction of sp³-hybridized carbons (Fsp3) is 0.947. The van der Waals surface area contributed by atoms with Crippen molar-refractivity contribution in [2.24, 2.45) is 0 Å². The van der Waals surface area contributed by atoms with Crippen LogP contribution in [0.5, 0.6) is 0 Å². The molecule has 4 heteroatoms. The summed E-state index contributed by atoms with van der Waals surface area (Å²) in [6.07, 6.45) is 16.4. The summed E-state index contributed by atoms with van der Waals surface area (Å²) in [6.45, 7) is 2.26. The van der Waals surface area contributed by atoms with Gasteiger partial charge in [0.2, 0.25) is 0 Å². The summed E-state index contributed by atoms with van der Waals surface area (Å²) < 4.78 is 11.6. The summed E-state index contributed by atoms with van der Waals surface area (Å²) >= 11 is 2.60. The molecule has 1 fully saturated rings. The lowest BCUT2D eigenvalue weighted by molar-refractivity contribution is -0.140. The summed E-state index contributed by atoms with van der Waals surface area (Å²) in [4.78, 5) is 11.0. The average Bonchev–Trinajstić information content (AvgIpc) is 3.02. The number of esters is 1. The van der Waals surface area contributed by atoms with E-state index in [0.717, 1.165) is 12.8 Å². The Hall–Kier alpha value is 0.160.